The lowest BCUT2D eigenvalue weighted by molar-refractivity contribution is 0.00578. The van der Waals surface area contributed by atoms with E-state index in [0.717, 1.165) is 0 Å². The summed E-state index contributed by atoms with van der Waals surface area (Å²) in [6, 6.07) is -0.718. The molecule has 0 aromatic heterocycles. The Bertz CT molecular complexity index is 535. The smallest absolute Gasteiger partial charge is 0.399 e. The maximum atomic E-state index is 7.99. The summed E-state index contributed by atoms with van der Waals surface area (Å²) in [4.78, 5) is 0. The molecule has 2 N–H and O–H groups in total. The van der Waals surface area contributed by atoms with Gasteiger partial charge in [0.15, 0.2) is 0 Å². The maximum absolute atomic E-state index is 7.99. The quantitative estimate of drug-likeness (QED) is 0.619. The molecule has 17 heavy (non-hydrogen) atoms. The average Bonchev–Trinajstić information content (AvgIpc) is 2.53. The molecule has 0 atom stereocenters. The van der Waals surface area contributed by atoms with Gasteiger partial charge < -0.3 is 15.0 Å². The van der Waals surface area contributed by atoms with Gasteiger partial charge >= 0.3 is 7.12 Å². The zero-order valence-electron chi connectivity index (χ0n) is 13.3. The molecular weight excluding hydrogens is 236 g/mol. The summed E-state index contributed by atoms with van der Waals surface area (Å²) in [5.74, 6) is 0. The van der Waals surface area contributed by atoms with Crippen LogP contribution in [0.4, 0.5) is 5.69 Å². The summed E-state index contributed by atoms with van der Waals surface area (Å²) in [6.45, 7) is 7.53. The minimum absolute atomic E-state index is 0.0302. The summed E-state index contributed by atoms with van der Waals surface area (Å²) in [5.41, 5.74) is 4.74. The zero-order valence-corrected chi connectivity index (χ0v) is 11.1. The molecule has 3 nitrogen and oxygen atoms in total. The topological polar surface area (TPSA) is 44.5 Å². The van der Waals surface area contributed by atoms with E-state index in [0.29, 0.717) is 0 Å². The summed E-state index contributed by atoms with van der Waals surface area (Å²) >= 11 is 6.13. The number of nitrogen functional groups attached to an aromatic ring is 1. The summed E-state index contributed by atoms with van der Waals surface area (Å²) in [6.07, 6.45) is 0. The fraction of sp³-hybridized carbons (Fsp3) is 0.500. The number of rotatable bonds is 1. The van der Waals surface area contributed by atoms with Gasteiger partial charge in [-0.05, 0) is 33.7 Å². The summed E-state index contributed by atoms with van der Waals surface area (Å²) < 4.78 is 35.1. The van der Waals surface area contributed by atoms with Crippen molar-refractivity contribution in [3.63, 3.8) is 0 Å². The van der Waals surface area contributed by atoms with Crippen molar-refractivity contribution in [1.82, 2.24) is 0 Å². The second-order valence-electron chi connectivity index (χ2n) is 5.10. The Morgan fingerprint density at radius 2 is 1.76 bits per heavy atom. The van der Waals surface area contributed by atoms with Crippen molar-refractivity contribution < 1.29 is 13.4 Å². The van der Waals surface area contributed by atoms with E-state index in [9.17, 15) is 0 Å². The monoisotopic (exact) mass is 256 g/mol. The van der Waals surface area contributed by atoms with Gasteiger partial charge in [0.2, 0.25) is 0 Å². The van der Waals surface area contributed by atoms with E-state index in [1.54, 1.807) is 0 Å². The minimum Gasteiger partial charge on any atom is -0.399 e. The standard InChI is InChI=1S/C12H17BClNO2/c1-11(2)12(3,4)17-13(16-11)8-6-5-7-9(15)10(8)14/h5-7H,15H2,1-4H3/i5D,6D,7D. The molecule has 2 rings (SSSR count). The number of nitrogens with two attached hydrogens (primary N) is 1. The minimum atomic E-state index is -0.869. The van der Waals surface area contributed by atoms with Gasteiger partial charge in [-0.2, -0.15) is 0 Å². The third-order valence-electron chi connectivity index (χ3n) is 3.36. The molecule has 1 aliphatic heterocycles. The van der Waals surface area contributed by atoms with Crippen molar-refractivity contribution in [2.45, 2.75) is 38.9 Å². The zero-order chi connectivity index (χ0) is 15.5. The molecule has 1 aliphatic rings. The largest absolute Gasteiger partial charge is 0.496 e. The molecule has 0 amide bonds. The Balaban J connectivity index is 2.57. The molecule has 1 aromatic rings. The van der Waals surface area contributed by atoms with Gasteiger partial charge in [0.05, 0.1) is 20.3 Å². The Labute approximate surface area is 112 Å². The van der Waals surface area contributed by atoms with Crippen LogP contribution in [0.2, 0.25) is 5.02 Å². The van der Waals surface area contributed by atoms with Crippen LogP contribution in [0.1, 0.15) is 31.8 Å². The third kappa shape index (κ3) is 2.05. The lowest BCUT2D eigenvalue weighted by atomic mass is 9.79. The normalized spacial score (nSPS) is 24.3. The van der Waals surface area contributed by atoms with Crippen molar-refractivity contribution >= 4 is 29.9 Å². The molecule has 1 aromatic carbocycles. The van der Waals surface area contributed by atoms with Crippen molar-refractivity contribution in [2.24, 2.45) is 0 Å². The lowest BCUT2D eigenvalue weighted by Crippen LogP contribution is -2.41. The highest BCUT2D eigenvalue weighted by Gasteiger charge is 2.52. The predicted octanol–water partition coefficient (Wildman–Crippen LogP) is 2.22. The summed E-state index contributed by atoms with van der Waals surface area (Å²) in [7, 11) is -0.869. The predicted molar refractivity (Wildman–Crippen MR) is 71.6 cm³/mol. The van der Waals surface area contributed by atoms with Crippen molar-refractivity contribution in [3.8, 4) is 0 Å². The second-order valence-corrected chi connectivity index (χ2v) is 5.48. The Hall–Kier alpha value is -0.705. The number of hydrogen-bond donors (Lipinski definition) is 1. The van der Waals surface area contributed by atoms with Crippen LogP contribution in [0.15, 0.2) is 18.1 Å². The van der Waals surface area contributed by atoms with Gasteiger partial charge in [-0.25, -0.2) is 0 Å². The van der Waals surface area contributed by atoms with Crippen molar-refractivity contribution in [1.29, 1.82) is 0 Å². The van der Waals surface area contributed by atoms with Crippen LogP contribution < -0.4 is 11.2 Å². The van der Waals surface area contributed by atoms with Crippen LogP contribution in [0.25, 0.3) is 0 Å². The molecular formula is C12H17BClNO2. The average molecular weight is 257 g/mol. The van der Waals surface area contributed by atoms with Crippen LogP contribution in [0.5, 0.6) is 0 Å². The number of halogens is 1. The van der Waals surface area contributed by atoms with Gasteiger partial charge in [0.1, 0.15) is 0 Å². The highest BCUT2D eigenvalue weighted by molar-refractivity contribution is 6.66. The fourth-order valence-corrected chi connectivity index (χ4v) is 1.73. The molecule has 0 radical (unpaired) electrons. The van der Waals surface area contributed by atoms with Crippen LogP contribution >= 0.6 is 11.6 Å². The van der Waals surface area contributed by atoms with Crippen LogP contribution in [-0.4, -0.2) is 18.3 Å². The van der Waals surface area contributed by atoms with Gasteiger partial charge in [0.25, 0.3) is 0 Å². The Morgan fingerprint density at radius 1 is 1.24 bits per heavy atom. The Kier molecular flexibility index (Phi) is 2.13. The Morgan fingerprint density at radius 3 is 2.29 bits per heavy atom. The molecule has 5 heteroatoms. The van der Waals surface area contributed by atoms with E-state index in [4.69, 9.17) is 30.8 Å². The maximum Gasteiger partial charge on any atom is 0.496 e. The van der Waals surface area contributed by atoms with Gasteiger partial charge in [-0.3, -0.25) is 0 Å². The molecule has 92 valence electrons. The SMILES string of the molecule is [2H]c1c([2H])c(N)c(Cl)c(B2OC(C)(C)C(C)(C)O2)c1[2H]. The van der Waals surface area contributed by atoms with E-state index < -0.39 is 18.3 Å². The molecule has 1 heterocycles. The van der Waals surface area contributed by atoms with E-state index >= 15 is 0 Å². The van der Waals surface area contributed by atoms with Crippen LogP contribution in [0.3, 0.4) is 0 Å². The van der Waals surface area contributed by atoms with E-state index in [-0.39, 0.29) is 34.3 Å². The number of anilines is 1. The first-order valence-electron chi connectivity index (χ1n) is 6.90. The van der Waals surface area contributed by atoms with Crippen molar-refractivity contribution in [2.75, 3.05) is 5.73 Å². The first-order valence-corrected chi connectivity index (χ1v) is 5.77. The van der Waals surface area contributed by atoms with Crippen molar-refractivity contribution in [3.05, 3.63) is 23.1 Å². The highest BCUT2D eigenvalue weighted by atomic mass is 35.5. The molecule has 0 aliphatic carbocycles. The van der Waals surface area contributed by atoms with Gasteiger partial charge in [-0.1, -0.05) is 23.7 Å². The molecule has 0 bridgehead atoms. The highest BCUT2D eigenvalue weighted by Crippen LogP contribution is 2.37. The number of hydrogen-bond acceptors (Lipinski definition) is 3. The fourth-order valence-electron chi connectivity index (χ4n) is 1.54. The lowest BCUT2D eigenvalue weighted by Gasteiger charge is -2.32. The van der Waals surface area contributed by atoms with E-state index in [1.807, 2.05) is 27.7 Å². The number of benzene rings is 1. The molecule has 1 fully saturated rings. The van der Waals surface area contributed by atoms with E-state index in [2.05, 4.69) is 0 Å². The van der Waals surface area contributed by atoms with Crippen LogP contribution in [-0.2, 0) is 9.31 Å². The first kappa shape index (κ1) is 9.25. The third-order valence-corrected chi connectivity index (χ3v) is 3.76. The molecule has 0 spiro atoms. The van der Waals surface area contributed by atoms with Gasteiger partial charge in [-0.15, -0.1) is 0 Å². The molecule has 0 saturated carbocycles. The van der Waals surface area contributed by atoms with Gasteiger partial charge in [0, 0.05) is 11.2 Å². The van der Waals surface area contributed by atoms with Crippen LogP contribution in [0, 0.1) is 0 Å². The first-order chi connectivity index (χ1) is 8.99. The second kappa shape index (κ2) is 3.90. The molecule has 0 unspecified atom stereocenters. The molecule has 1 saturated heterocycles. The van der Waals surface area contributed by atoms with E-state index in [1.165, 1.54) is 0 Å². The summed E-state index contributed by atoms with van der Waals surface area (Å²) in [5, 5.41) is 0.0505.